The quantitative estimate of drug-likeness (QED) is 0.335. The molecule has 25 heavy (non-hydrogen) atoms. The first-order chi connectivity index (χ1) is 12.4. The molecule has 2 heteroatoms. The number of anilines is 2. The Bertz CT molecular complexity index is 416. The van der Waals surface area contributed by atoms with Gasteiger partial charge in [-0.05, 0) is 25.0 Å². The van der Waals surface area contributed by atoms with Crippen LogP contribution in [0.3, 0.4) is 0 Å². The lowest BCUT2D eigenvalue weighted by Gasteiger charge is -2.22. The molecule has 142 valence electrons. The van der Waals surface area contributed by atoms with Crippen LogP contribution in [0.15, 0.2) is 24.3 Å². The minimum Gasteiger partial charge on any atom is -0.352 e. The fraction of sp³-hybridized carbons (Fsp3) is 0.739. The molecule has 0 aliphatic carbocycles. The number of unbranched alkanes of at least 4 members (excludes halogenated alkanes) is 10. The van der Waals surface area contributed by atoms with Crippen LogP contribution in [0.5, 0.6) is 0 Å². The van der Waals surface area contributed by atoms with E-state index < -0.39 is 0 Å². The predicted molar refractivity (Wildman–Crippen MR) is 113 cm³/mol. The Kier molecular flexibility index (Phi) is 9.84. The van der Waals surface area contributed by atoms with Crippen molar-refractivity contribution in [3.8, 4) is 0 Å². The highest BCUT2D eigenvalue weighted by Gasteiger charge is 2.24. The van der Waals surface area contributed by atoms with Crippen LogP contribution in [0.4, 0.5) is 11.4 Å². The van der Waals surface area contributed by atoms with Crippen molar-refractivity contribution in [1.82, 2.24) is 0 Å². The molecule has 0 radical (unpaired) electrons. The Morgan fingerprint density at radius 1 is 0.600 bits per heavy atom. The number of nitrogens with zero attached hydrogens (tertiary/aromatic N) is 2. The van der Waals surface area contributed by atoms with E-state index in [0.29, 0.717) is 0 Å². The summed E-state index contributed by atoms with van der Waals surface area (Å²) in [6, 6.07) is 9.02. The molecule has 0 aromatic heterocycles. The van der Waals surface area contributed by atoms with Gasteiger partial charge >= 0.3 is 0 Å². The molecule has 1 aromatic rings. The summed E-state index contributed by atoms with van der Waals surface area (Å²) in [5, 5.41) is 0. The molecule has 1 aromatic carbocycles. The van der Waals surface area contributed by atoms with Crippen LogP contribution in [-0.2, 0) is 0 Å². The molecule has 0 spiro atoms. The van der Waals surface area contributed by atoms with E-state index in [1.807, 2.05) is 0 Å². The van der Waals surface area contributed by atoms with Crippen LogP contribution in [0, 0.1) is 0 Å². The second-order valence-electron chi connectivity index (χ2n) is 7.69. The molecular formula is C23H40N2. The molecular weight excluding hydrogens is 304 g/mol. The van der Waals surface area contributed by atoms with Crippen LogP contribution in [0.25, 0.3) is 0 Å². The van der Waals surface area contributed by atoms with E-state index in [1.165, 1.54) is 102 Å². The molecule has 1 heterocycles. The first-order valence-electron chi connectivity index (χ1n) is 11.0. The van der Waals surface area contributed by atoms with Crippen LogP contribution in [0.2, 0.25) is 0 Å². The highest BCUT2D eigenvalue weighted by atomic mass is 15.4. The Balaban J connectivity index is 1.72. The summed E-state index contributed by atoms with van der Waals surface area (Å²) in [4.78, 5) is 5.21. The van der Waals surface area contributed by atoms with Gasteiger partial charge < -0.3 is 9.80 Å². The van der Waals surface area contributed by atoms with Gasteiger partial charge in [0.15, 0.2) is 0 Å². The van der Waals surface area contributed by atoms with Gasteiger partial charge in [-0.1, -0.05) is 90.2 Å². The van der Waals surface area contributed by atoms with E-state index >= 15 is 0 Å². The van der Waals surface area contributed by atoms with Gasteiger partial charge in [0.05, 0.1) is 18.0 Å². The van der Waals surface area contributed by atoms with Crippen LogP contribution < -0.4 is 9.80 Å². The summed E-state index contributed by atoms with van der Waals surface area (Å²) < 4.78 is 0. The van der Waals surface area contributed by atoms with Gasteiger partial charge in [0, 0.05) is 13.1 Å². The number of para-hydroxylation sites is 2. The third kappa shape index (κ3) is 6.92. The molecule has 0 saturated carbocycles. The second-order valence-corrected chi connectivity index (χ2v) is 7.69. The Hall–Kier alpha value is -1.18. The van der Waals surface area contributed by atoms with Gasteiger partial charge in [0.2, 0.25) is 0 Å². The van der Waals surface area contributed by atoms with Crippen molar-refractivity contribution >= 4 is 11.4 Å². The number of hydrogen-bond donors (Lipinski definition) is 0. The zero-order valence-electron chi connectivity index (χ0n) is 16.8. The summed E-state index contributed by atoms with van der Waals surface area (Å²) in [6.07, 6.45) is 16.6. The zero-order chi connectivity index (χ0) is 17.7. The lowest BCUT2D eigenvalue weighted by Crippen LogP contribution is -2.32. The number of benzene rings is 1. The topological polar surface area (TPSA) is 6.48 Å². The first kappa shape index (κ1) is 20.1. The van der Waals surface area contributed by atoms with Gasteiger partial charge in [0.25, 0.3) is 0 Å². The molecule has 0 unspecified atom stereocenters. The minimum atomic E-state index is 1.10. The van der Waals surface area contributed by atoms with E-state index in [9.17, 15) is 0 Å². The monoisotopic (exact) mass is 344 g/mol. The molecule has 0 atom stereocenters. The largest absolute Gasteiger partial charge is 0.352 e. The molecule has 0 amide bonds. The molecule has 0 fully saturated rings. The molecule has 0 bridgehead atoms. The van der Waals surface area contributed by atoms with E-state index in [0.717, 1.165) is 6.67 Å². The fourth-order valence-electron chi connectivity index (χ4n) is 3.91. The van der Waals surface area contributed by atoms with Crippen molar-refractivity contribution < 1.29 is 0 Å². The van der Waals surface area contributed by atoms with Crippen molar-refractivity contribution in [1.29, 1.82) is 0 Å². The standard InChI is InChI=1S/C23H40N2/c1-3-5-7-9-11-15-19-24-21-25(20-16-12-10-8-6-4-2)23-18-14-13-17-22(23)24/h13-14,17-18H,3-12,15-16,19-21H2,1-2H3. The van der Waals surface area contributed by atoms with Crippen LogP contribution >= 0.6 is 0 Å². The summed E-state index contributed by atoms with van der Waals surface area (Å²) in [7, 11) is 0. The molecule has 1 aliphatic rings. The average Bonchev–Trinajstić information content (AvgIpc) is 2.99. The SMILES string of the molecule is CCCCCCCCN1CN(CCCCCCCC)c2ccccc21. The van der Waals surface area contributed by atoms with Gasteiger partial charge in [-0.2, -0.15) is 0 Å². The van der Waals surface area contributed by atoms with Crippen LogP contribution in [0.1, 0.15) is 90.9 Å². The van der Waals surface area contributed by atoms with Crippen molar-refractivity contribution in [2.24, 2.45) is 0 Å². The third-order valence-electron chi connectivity index (χ3n) is 5.47. The third-order valence-corrected chi connectivity index (χ3v) is 5.47. The second kappa shape index (κ2) is 12.2. The molecule has 0 saturated heterocycles. The fourth-order valence-corrected chi connectivity index (χ4v) is 3.91. The minimum absolute atomic E-state index is 1.10. The van der Waals surface area contributed by atoms with Crippen molar-refractivity contribution in [2.45, 2.75) is 90.9 Å². The maximum Gasteiger partial charge on any atom is 0.0904 e. The summed E-state index contributed by atoms with van der Waals surface area (Å²) in [5.74, 6) is 0. The molecule has 2 rings (SSSR count). The lowest BCUT2D eigenvalue weighted by molar-refractivity contribution is 0.588. The Labute approximate surface area is 156 Å². The summed E-state index contributed by atoms with van der Waals surface area (Å²) >= 11 is 0. The first-order valence-corrected chi connectivity index (χ1v) is 11.0. The molecule has 1 aliphatic heterocycles. The average molecular weight is 345 g/mol. The highest BCUT2D eigenvalue weighted by molar-refractivity contribution is 5.76. The van der Waals surface area contributed by atoms with E-state index in [2.05, 4.69) is 47.9 Å². The van der Waals surface area contributed by atoms with Crippen molar-refractivity contribution in [2.75, 3.05) is 29.6 Å². The van der Waals surface area contributed by atoms with Gasteiger partial charge in [-0.15, -0.1) is 0 Å². The maximum atomic E-state index is 2.60. The normalized spacial score (nSPS) is 13.5. The smallest absolute Gasteiger partial charge is 0.0904 e. The van der Waals surface area contributed by atoms with Crippen LogP contribution in [-0.4, -0.2) is 19.8 Å². The Morgan fingerprint density at radius 3 is 1.44 bits per heavy atom. The van der Waals surface area contributed by atoms with E-state index in [1.54, 1.807) is 0 Å². The molecule has 2 nitrogen and oxygen atoms in total. The number of fused-ring (bicyclic) bond motifs is 1. The van der Waals surface area contributed by atoms with Crippen molar-refractivity contribution in [3.05, 3.63) is 24.3 Å². The van der Waals surface area contributed by atoms with E-state index in [-0.39, 0.29) is 0 Å². The summed E-state index contributed by atoms with van der Waals surface area (Å²) in [5.41, 5.74) is 2.92. The van der Waals surface area contributed by atoms with Crippen molar-refractivity contribution in [3.63, 3.8) is 0 Å². The Morgan fingerprint density at radius 2 is 1.00 bits per heavy atom. The maximum absolute atomic E-state index is 2.60. The predicted octanol–water partition coefficient (Wildman–Crippen LogP) is 6.99. The zero-order valence-corrected chi connectivity index (χ0v) is 16.8. The number of rotatable bonds is 14. The van der Waals surface area contributed by atoms with Gasteiger partial charge in [-0.3, -0.25) is 0 Å². The van der Waals surface area contributed by atoms with Gasteiger partial charge in [-0.25, -0.2) is 0 Å². The summed E-state index contributed by atoms with van der Waals surface area (Å²) in [6.45, 7) is 8.12. The van der Waals surface area contributed by atoms with Gasteiger partial charge in [0.1, 0.15) is 0 Å². The lowest BCUT2D eigenvalue weighted by atomic mass is 10.1. The molecule has 0 N–H and O–H groups in total. The number of hydrogen-bond acceptors (Lipinski definition) is 2. The van der Waals surface area contributed by atoms with E-state index in [4.69, 9.17) is 0 Å². The highest BCUT2D eigenvalue weighted by Crippen LogP contribution is 2.35.